The van der Waals surface area contributed by atoms with E-state index in [2.05, 4.69) is 23.3 Å². The summed E-state index contributed by atoms with van der Waals surface area (Å²) >= 11 is 4.00. The molecule has 2 amide bonds. The van der Waals surface area contributed by atoms with Gasteiger partial charge in [-0.05, 0) is 17.7 Å². The summed E-state index contributed by atoms with van der Waals surface area (Å²) in [5.41, 5.74) is 0.713. The molecule has 0 aliphatic rings. The van der Waals surface area contributed by atoms with E-state index in [0.717, 1.165) is 0 Å². The Hall–Kier alpha value is -2.59. The Morgan fingerprint density at radius 3 is 2.11 bits per heavy atom. The van der Waals surface area contributed by atoms with Crippen molar-refractivity contribution in [3.8, 4) is 0 Å². The summed E-state index contributed by atoms with van der Waals surface area (Å²) in [7, 11) is 0. The number of hydrogen-bond donors (Lipinski definition) is 6. The first kappa shape index (κ1) is 22.5. The van der Waals surface area contributed by atoms with E-state index in [1.807, 2.05) is 0 Å². The molecule has 0 saturated carbocycles. The van der Waals surface area contributed by atoms with Gasteiger partial charge in [0.15, 0.2) is 6.10 Å². The molecular weight excluding hydrogens is 376 g/mol. The van der Waals surface area contributed by atoms with Gasteiger partial charge in [0.25, 0.3) is 0 Å². The molecule has 0 aromatic heterocycles. The molecular formula is C17H22N2O7S. The maximum atomic E-state index is 12.4. The van der Waals surface area contributed by atoms with Crippen molar-refractivity contribution in [2.24, 2.45) is 0 Å². The van der Waals surface area contributed by atoms with Gasteiger partial charge in [0.1, 0.15) is 12.1 Å². The van der Waals surface area contributed by atoms with Crippen molar-refractivity contribution >= 4 is 36.4 Å². The minimum Gasteiger partial charge on any atom is -0.480 e. The maximum absolute atomic E-state index is 12.4. The monoisotopic (exact) mass is 398 g/mol. The second-order valence-electron chi connectivity index (χ2n) is 5.78. The number of aliphatic hydroxyl groups is 1. The summed E-state index contributed by atoms with van der Waals surface area (Å²) in [6, 6.07) is 6.41. The Kier molecular flexibility index (Phi) is 9.31. The lowest BCUT2D eigenvalue weighted by atomic mass is 10.1. The molecule has 1 aromatic carbocycles. The molecule has 0 fully saturated rings. The molecule has 2 unspecified atom stereocenters. The van der Waals surface area contributed by atoms with E-state index >= 15 is 0 Å². The van der Waals surface area contributed by atoms with Crippen LogP contribution in [-0.2, 0) is 25.6 Å². The van der Waals surface area contributed by atoms with E-state index in [0.29, 0.717) is 5.56 Å². The lowest BCUT2D eigenvalue weighted by Crippen LogP contribution is -2.52. The fraction of sp³-hybridized carbons (Fsp3) is 0.412. The third-order valence-corrected chi connectivity index (χ3v) is 3.89. The topological polar surface area (TPSA) is 153 Å². The summed E-state index contributed by atoms with van der Waals surface area (Å²) in [4.78, 5) is 46.2. The average Bonchev–Trinajstić information content (AvgIpc) is 2.61. The van der Waals surface area contributed by atoms with E-state index in [-0.39, 0.29) is 18.6 Å². The van der Waals surface area contributed by atoms with E-state index in [4.69, 9.17) is 5.11 Å². The summed E-state index contributed by atoms with van der Waals surface area (Å²) in [6.45, 7) is 0. The molecule has 27 heavy (non-hydrogen) atoms. The first-order valence-electron chi connectivity index (χ1n) is 8.12. The number of aliphatic carboxylic acids is 2. The molecule has 0 spiro atoms. The van der Waals surface area contributed by atoms with Crippen molar-refractivity contribution in [1.82, 2.24) is 10.6 Å². The first-order chi connectivity index (χ1) is 12.7. The SMILES string of the molecule is O=C(CC(O)C(=O)O)NC(CCS)C(=O)N[C@H](Cc1ccccc1)C(=O)O. The predicted molar refractivity (Wildman–Crippen MR) is 98.4 cm³/mol. The first-order valence-corrected chi connectivity index (χ1v) is 8.76. The highest BCUT2D eigenvalue weighted by Gasteiger charge is 2.27. The number of nitrogens with one attached hydrogen (secondary N) is 2. The molecule has 0 heterocycles. The summed E-state index contributed by atoms with van der Waals surface area (Å²) in [5.74, 6) is -4.15. The van der Waals surface area contributed by atoms with Crippen molar-refractivity contribution in [1.29, 1.82) is 0 Å². The maximum Gasteiger partial charge on any atom is 0.333 e. The van der Waals surface area contributed by atoms with Crippen LogP contribution in [-0.4, -0.2) is 63.0 Å². The number of rotatable bonds is 11. The van der Waals surface area contributed by atoms with Gasteiger partial charge in [-0.2, -0.15) is 12.6 Å². The van der Waals surface area contributed by atoms with E-state index in [9.17, 15) is 29.4 Å². The highest BCUT2D eigenvalue weighted by molar-refractivity contribution is 7.80. The van der Waals surface area contributed by atoms with Crippen molar-refractivity contribution < 1.29 is 34.5 Å². The Morgan fingerprint density at radius 2 is 1.59 bits per heavy atom. The Bertz CT molecular complexity index is 669. The number of amides is 2. The second-order valence-corrected chi connectivity index (χ2v) is 6.23. The van der Waals surface area contributed by atoms with Gasteiger partial charge in [0.2, 0.25) is 11.8 Å². The van der Waals surface area contributed by atoms with Gasteiger partial charge in [-0.15, -0.1) is 0 Å². The molecule has 10 heteroatoms. The van der Waals surface area contributed by atoms with Crippen LogP contribution in [0.25, 0.3) is 0 Å². The number of benzene rings is 1. The Morgan fingerprint density at radius 1 is 0.963 bits per heavy atom. The minimum absolute atomic E-state index is 0.0567. The lowest BCUT2D eigenvalue weighted by molar-refractivity contribution is -0.149. The number of carbonyl (C=O) groups is 4. The molecule has 148 valence electrons. The molecule has 0 radical (unpaired) electrons. The molecule has 5 N–H and O–H groups in total. The zero-order chi connectivity index (χ0) is 20.4. The molecule has 0 bridgehead atoms. The Labute approximate surface area is 161 Å². The van der Waals surface area contributed by atoms with Gasteiger partial charge in [0.05, 0.1) is 6.42 Å². The van der Waals surface area contributed by atoms with E-state index < -0.39 is 48.4 Å². The number of carboxylic acids is 2. The van der Waals surface area contributed by atoms with Crippen LogP contribution in [0.4, 0.5) is 0 Å². The number of hydrogen-bond acceptors (Lipinski definition) is 6. The quantitative estimate of drug-likeness (QED) is 0.273. The van der Waals surface area contributed by atoms with Crippen LogP contribution in [0.5, 0.6) is 0 Å². The molecule has 0 aliphatic carbocycles. The average molecular weight is 398 g/mol. The summed E-state index contributed by atoms with van der Waals surface area (Å²) < 4.78 is 0. The third kappa shape index (κ3) is 8.09. The molecule has 0 aliphatic heterocycles. The minimum atomic E-state index is -1.89. The normalized spacial score (nSPS) is 13.9. The molecule has 1 rings (SSSR count). The van der Waals surface area contributed by atoms with Gasteiger partial charge in [-0.1, -0.05) is 30.3 Å². The standard InChI is InChI=1S/C17H22N2O7S/c20-13(17(25)26)9-14(21)18-11(6-7-27)15(22)19-12(16(23)24)8-10-4-2-1-3-5-10/h1-5,11-13,20,27H,6-9H2,(H,18,21)(H,19,22)(H,23,24)(H,25,26)/t11?,12-,13?/m1/s1. The predicted octanol–water partition coefficient (Wildman–Crippen LogP) is -0.561. The fourth-order valence-corrected chi connectivity index (χ4v) is 2.49. The van der Waals surface area contributed by atoms with Crippen molar-refractivity contribution in [2.75, 3.05) is 5.75 Å². The molecule has 9 nitrogen and oxygen atoms in total. The van der Waals surface area contributed by atoms with Gasteiger partial charge in [-0.25, -0.2) is 9.59 Å². The van der Waals surface area contributed by atoms with Gasteiger partial charge in [0, 0.05) is 6.42 Å². The third-order valence-electron chi connectivity index (χ3n) is 3.63. The number of carboxylic acid groups (broad SMARTS) is 2. The van der Waals surface area contributed by atoms with Crippen LogP contribution in [0.2, 0.25) is 0 Å². The van der Waals surface area contributed by atoms with Crippen LogP contribution in [0.15, 0.2) is 30.3 Å². The van der Waals surface area contributed by atoms with E-state index in [1.54, 1.807) is 30.3 Å². The lowest BCUT2D eigenvalue weighted by Gasteiger charge is -2.21. The van der Waals surface area contributed by atoms with E-state index in [1.165, 1.54) is 0 Å². The van der Waals surface area contributed by atoms with Gasteiger partial charge >= 0.3 is 11.9 Å². The highest BCUT2D eigenvalue weighted by Crippen LogP contribution is 2.05. The summed E-state index contributed by atoms with van der Waals surface area (Å²) in [6.07, 6.45) is -2.46. The number of thiol groups is 1. The Balaban J connectivity index is 2.75. The van der Waals surface area contributed by atoms with Crippen LogP contribution in [0.1, 0.15) is 18.4 Å². The van der Waals surface area contributed by atoms with Crippen LogP contribution < -0.4 is 10.6 Å². The van der Waals surface area contributed by atoms with Gasteiger partial charge < -0.3 is 26.0 Å². The fourth-order valence-electron chi connectivity index (χ4n) is 2.24. The van der Waals surface area contributed by atoms with Crippen LogP contribution in [0, 0.1) is 0 Å². The molecule has 3 atom stereocenters. The second kappa shape index (κ2) is 11.2. The summed E-state index contributed by atoms with van der Waals surface area (Å²) in [5, 5.41) is 31.8. The van der Waals surface area contributed by atoms with Crippen LogP contribution in [0.3, 0.4) is 0 Å². The number of aliphatic hydroxyl groups excluding tert-OH is 1. The largest absolute Gasteiger partial charge is 0.480 e. The molecule has 0 saturated heterocycles. The van der Waals surface area contributed by atoms with Crippen molar-refractivity contribution in [3.05, 3.63) is 35.9 Å². The number of carbonyl (C=O) groups excluding carboxylic acids is 2. The van der Waals surface area contributed by atoms with Crippen molar-refractivity contribution in [3.63, 3.8) is 0 Å². The van der Waals surface area contributed by atoms with Crippen molar-refractivity contribution in [2.45, 2.75) is 37.5 Å². The highest BCUT2D eigenvalue weighted by atomic mass is 32.1. The molecule has 1 aromatic rings. The van der Waals surface area contributed by atoms with Gasteiger partial charge in [-0.3, -0.25) is 9.59 Å². The smallest absolute Gasteiger partial charge is 0.333 e. The zero-order valence-electron chi connectivity index (χ0n) is 14.4. The zero-order valence-corrected chi connectivity index (χ0v) is 15.3. The van der Waals surface area contributed by atoms with Crippen LogP contribution >= 0.6 is 12.6 Å².